The summed E-state index contributed by atoms with van der Waals surface area (Å²) in [6.07, 6.45) is 1.04. The summed E-state index contributed by atoms with van der Waals surface area (Å²) >= 11 is 0. The second kappa shape index (κ2) is 6.56. The molecule has 2 atom stereocenters. The van der Waals surface area contributed by atoms with E-state index < -0.39 is 12.0 Å². The van der Waals surface area contributed by atoms with Gasteiger partial charge in [-0.3, -0.25) is 14.6 Å². The molecule has 21 heavy (non-hydrogen) atoms. The van der Waals surface area contributed by atoms with Gasteiger partial charge >= 0.3 is 5.97 Å². The van der Waals surface area contributed by atoms with Crippen molar-refractivity contribution in [2.45, 2.75) is 25.0 Å². The summed E-state index contributed by atoms with van der Waals surface area (Å²) in [4.78, 5) is 15.9. The fourth-order valence-electron chi connectivity index (χ4n) is 3.33. The van der Waals surface area contributed by atoms with Crippen molar-refractivity contribution in [2.24, 2.45) is 0 Å². The smallest absolute Gasteiger partial charge is 0.323 e. The van der Waals surface area contributed by atoms with E-state index in [4.69, 9.17) is 4.74 Å². The van der Waals surface area contributed by atoms with Crippen molar-refractivity contribution in [1.29, 1.82) is 0 Å². The van der Waals surface area contributed by atoms with E-state index >= 15 is 0 Å². The van der Waals surface area contributed by atoms with Crippen molar-refractivity contribution in [3.05, 3.63) is 35.9 Å². The van der Waals surface area contributed by atoms with Gasteiger partial charge in [0, 0.05) is 32.2 Å². The fraction of sp³-hybridized carbons (Fsp3) is 0.562. The third-order valence-corrected chi connectivity index (χ3v) is 4.42. The lowest BCUT2D eigenvalue weighted by atomic mass is 10.1. The molecule has 0 aromatic heterocycles. The zero-order valence-electron chi connectivity index (χ0n) is 12.1. The molecule has 2 saturated heterocycles. The largest absolute Gasteiger partial charge is 0.480 e. The van der Waals surface area contributed by atoms with Gasteiger partial charge in [-0.05, 0) is 12.0 Å². The van der Waals surface area contributed by atoms with Crippen LogP contribution in [0.1, 0.15) is 12.0 Å². The zero-order valence-corrected chi connectivity index (χ0v) is 12.1. The normalized spacial score (nSPS) is 27.8. The number of aliphatic carboxylic acids is 1. The summed E-state index contributed by atoms with van der Waals surface area (Å²) in [7, 11) is 0. The van der Waals surface area contributed by atoms with Gasteiger partial charge in [-0.25, -0.2) is 0 Å². The van der Waals surface area contributed by atoms with E-state index in [9.17, 15) is 9.90 Å². The van der Waals surface area contributed by atoms with Crippen LogP contribution in [0.15, 0.2) is 30.3 Å². The minimum absolute atomic E-state index is 0.310. The molecule has 1 N–H and O–H groups in total. The quantitative estimate of drug-likeness (QED) is 0.898. The molecule has 2 fully saturated rings. The molecule has 2 unspecified atom stereocenters. The number of benzene rings is 1. The Bertz CT molecular complexity index is 480. The topological polar surface area (TPSA) is 53.0 Å². The summed E-state index contributed by atoms with van der Waals surface area (Å²) < 4.78 is 5.32. The Labute approximate surface area is 125 Å². The van der Waals surface area contributed by atoms with E-state index in [-0.39, 0.29) is 0 Å². The van der Waals surface area contributed by atoms with Crippen molar-refractivity contribution in [1.82, 2.24) is 9.80 Å². The molecular weight excluding hydrogens is 268 g/mol. The number of carbonyl (C=O) groups is 1. The SMILES string of the molecule is O=C(O)C1COCCN1C1CCN(Cc2ccccc2)C1. The Morgan fingerprint density at radius 3 is 2.86 bits per heavy atom. The number of morpholine rings is 1. The molecule has 2 aliphatic rings. The summed E-state index contributed by atoms with van der Waals surface area (Å²) in [6.45, 7) is 4.59. The van der Waals surface area contributed by atoms with E-state index in [1.165, 1.54) is 5.56 Å². The van der Waals surface area contributed by atoms with Crippen LogP contribution >= 0.6 is 0 Å². The number of likely N-dealkylation sites (tertiary alicyclic amines) is 1. The molecule has 0 saturated carbocycles. The van der Waals surface area contributed by atoms with E-state index in [0.29, 0.717) is 19.3 Å². The number of hydrogen-bond donors (Lipinski definition) is 1. The Balaban J connectivity index is 1.59. The Kier molecular flexibility index (Phi) is 4.53. The number of carboxylic acid groups (broad SMARTS) is 1. The highest BCUT2D eigenvalue weighted by Gasteiger charge is 2.37. The first-order chi connectivity index (χ1) is 10.2. The van der Waals surface area contributed by atoms with Crippen LogP contribution < -0.4 is 0 Å². The summed E-state index contributed by atoms with van der Waals surface area (Å²) in [5, 5.41) is 9.33. The van der Waals surface area contributed by atoms with Crippen LogP contribution in [0, 0.1) is 0 Å². The van der Waals surface area contributed by atoms with Crippen LogP contribution in [0.4, 0.5) is 0 Å². The number of nitrogens with zero attached hydrogens (tertiary/aromatic N) is 2. The third kappa shape index (κ3) is 3.43. The van der Waals surface area contributed by atoms with Crippen molar-refractivity contribution in [3.63, 3.8) is 0 Å². The van der Waals surface area contributed by atoms with Gasteiger partial charge in [-0.2, -0.15) is 0 Å². The van der Waals surface area contributed by atoms with Crippen LogP contribution in [0.2, 0.25) is 0 Å². The minimum atomic E-state index is -0.767. The second-order valence-electron chi connectivity index (χ2n) is 5.83. The molecule has 2 heterocycles. The molecule has 0 spiro atoms. The maximum atomic E-state index is 11.4. The third-order valence-electron chi connectivity index (χ3n) is 4.42. The average molecular weight is 290 g/mol. The molecule has 5 nitrogen and oxygen atoms in total. The molecule has 114 valence electrons. The molecule has 3 rings (SSSR count). The zero-order chi connectivity index (χ0) is 14.7. The van der Waals surface area contributed by atoms with Gasteiger partial charge in [0.25, 0.3) is 0 Å². The van der Waals surface area contributed by atoms with E-state index in [0.717, 1.165) is 32.6 Å². The number of rotatable bonds is 4. The first-order valence-electron chi connectivity index (χ1n) is 7.56. The lowest BCUT2D eigenvalue weighted by Gasteiger charge is -2.37. The Morgan fingerprint density at radius 1 is 1.29 bits per heavy atom. The molecule has 0 bridgehead atoms. The second-order valence-corrected chi connectivity index (χ2v) is 5.83. The fourth-order valence-corrected chi connectivity index (χ4v) is 3.33. The van der Waals surface area contributed by atoms with Gasteiger partial charge < -0.3 is 9.84 Å². The van der Waals surface area contributed by atoms with Crippen molar-refractivity contribution in [3.8, 4) is 0 Å². The average Bonchev–Trinajstić information content (AvgIpc) is 2.96. The summed E-state index contributed by atoms with van der Waals surface area (Å²) in [6, 6.07) is 10.3. The van der Waals surface area contributed by atoms with Gasteiger partial charge in [-0.1, -0.05) is 30.3 Å². The van der Waals surface area contributed by atoms with Crippen LogP contribution in [-0.2, 0) is 16.1 Å². The monoisotopic (exact) mass is 290 g/mol. The predicted molar refractivity (Wildman–Crippen MR) is 79.1 cm³/mol. The van der Waals surface area contributed by atoms with Crippen LogP contribution in [0.3, 0.4) is 0 Å². The van der Waals surface area contributed by atoms with Crippen molar-refractivity contribution < 1.29 is 14.6 Å². The lowest BCUT2D eigenvalue weighted by Crippen LogP contribution is -2.54. The van der Waals surface area contributed by atoms with E-state index in [2.05, 4.69) is 34.1 Å². The van der Waals surface area contributed by atoms with Crippen LogP contribution in [0.25, 0.3) is 0 Å². The molecule has 1 aromatic carbocycles. The first-order valence-corrected chi connectivity index (χ1v) is 7.56. The Morgan fingerprint density at radius 2 is 2.10 bits per heavy atom. The van der Waals surface area contributed by atoms with Gasteiger partial charge in [0.05, 0.1) is 13.2 Å². The number of hydrogen-bond acceptors (Lipinski definition) is 4. The predicted octanol–water partition coefficient (Wildman–Crippen LogP) is 1.05. The first kappa shape index (κ1) is 14.5. The molecule has 5 heteroatoms. The molecule has 0 amide bonds. The highest BCUT2D eigenvalue weighted by molar-refractivity contribution is 5.73. The van der Waals surface area contributed by atoms with Crippen molar-refractivity contribution >= 4 is 5.97 Å². The minimum Gasteiger partial charge on any atom is -0.480 e. The standard InChI is InChI=1S/C16H22N2O3/c19-16(20)15-12-21-9-8-18(15)14-6-7-17(11-14)10-13-4-2-1-3-5-13/h1-5,14-15H,6-12H2,(H,19,20). The van der Waals surface area contributed by atoms with Crippen molar-refractivity contribution in [2.75, 3.05) is 32.8 Å². The van der Waals surface area contributed by atoms with Crippen LogP contribution in [-0.4, -0.2) is 65.8 Å². The Hall–Kier alpha value is -1.43. The molecule has 1 aromatic rings. The summed E-state index contributed by atoms with van der Waals surface area (Å²) in [5.74, 6) is -0.767. The molecule has 0 aliphatic carbocycles. The molecular formula is C16H22N2O3. The van der Waals surface area contributed by atoms with E-state index in [1.807, 2.05) is 6.07 Å². The maximum Gasteiger partial charge on any atom is 0.323 e. The lowest BCUT2D eigenvalue weighted by molar-refractivity contribution is -0.151. The molecule has 2 aliphatic heterocycles. The van der Waals surface area contributed by atoms with Gasteiger partial charge in [0.2, 0.25) is 0 Å². The highest BCUT2D eigenvalue weighted by atomic mass is 16.5. The maximum absolute atomic E-state index is 11.4. The van der Waals surface area contributed by atoms with E-state index in [1.54, 1.807) is 0 Å². The number of carboxylic acids is 1. The summed E-state index contributed by atoms with van der Waals surface area (Å²) in [5.41, 5.74) is 1.31. The van der Waals surface area contributed by atoms with Crippen LogP contribution in [0.5, 0.6) is 0 Å². The van der Waals surface area contributed by atoms with Gasteiger partial charge in [0.15, 0.2) is 0 Å². The molecule has 0 radical (unpaired) electrons. The highest BCUT2D eigenvalue weighted by Crippen LogP contribution is 2.22. The van der Waals surface area contributed by atoms with Gasteiger partial charge in [-0.15, -0.1) is 0 Å². The number of ether oxygens (including phenoxy) is 1. The van der Waals surface area contributed by atoms with Gasteiger partial charge in [0.1, 0.15) is 6.04 Å².